The van der Waals surface area contributed by atoms with E-state index in [1.807, 2.05) is 18.2 Å². The van der Waals surface area contributed by atoms with Gasteiger partial charge in [0.05, 0.1) is 25.2 Å². The zero-order chi connectivity index (χ0) is 22.3. The quantitative estimate of drug-likeness (QED) is 0.725. The Labute approximate surface area is 194 Å². The van der Waals surface area contributed by atoms with Gasteiger partial charge in [-0.3, -0.25) is 14.5 Å². The maximum absolute atomic E-state index is 13.3. The first-order chi connectivity index (χ1) is 15.6. The standard InChI is InChI=1S/C25H30ClN3O3/c26-22-10-8-20(9-11-22)25(31)29-12-4-7-21(17-29)24(30)27-23(19-5-2-1-3-6-19)18-28-13-15-32-16-14-28/h1-3,5-6,8-11,21,23H,4,7,12-18H2,(H,27,30)/t21-,23-/m1/s1. The van der Waals surface area contributed by atoms with E-state index in [1.54, 1.807) is 29.2 Å². The van der Waals surface area contributed by atoms with Gasteiger partial charge in [0.1, 0.15) is 0 Å². The molecule has 2 aromatic rings. The lowest BCUT2D eigenvalue weighted by Crippen LogP contribution is -2.48. The van der Waals surface area contributed by atoms with Gasteiger partial charge in [-0.25, -0.2) is 0 Å². The van der Waals surface area contributed by atoms with E-state index in [-0.39, 0.29) is 23.8 Å². The predicted octanol–water partition coefficient (Wildman–Crippen LogP) is 3.38. The number of carbonyl (C=O) groups excluding carboxylic acids is 2. The molecule has 2 aliphatic rings. The zero-order valence-corrected chi connectivity index (χ0v) is 19.0. The molecule has 2 atom stereocenters. The van der Waals surface area contributed by atoms with Crippen LogP contribution in [0.1, 0.15) is 34.8 Å². The molecule has 1 N–H and O–H groups in total. The van der Waals surface area contributed by atoms with Gasteiger partial charge in [0, 0.05) is 43.3 Å². The fourth-order valence-electron chi connectivity index (χ4n) is 4.40. The van der Waals surface area contributed by atoms with E-state index in [1.165, 1.54) is 0 Å². The van der Waals surface area contributed by atoms with Gasteiger partial charge in [0.15, 0.2) is 0 Å². The normalized spacial score (nSPS) is 20.5. The number of hydrogen-bond acceptors (Lipinski definition) is 4. The number of morpholine rings is 1. The Morgan fingerprint density at radius 3 is 2.47 bits per heavy atom. The van der Waals surface area contributed by atoms with Crippen LogP contribution in [-0.4, -0.2) is 67.6 Å². The van der Waals surface area contributed by atoms with Crippen molar-refractivity contribution in [1.82, 2.24) is 15.1 Å². The van der Waals surface area contributed by atoms with E-state index in [4.69, 9.17) is 16.3 Å². The molecule has 0 bridgehead atoms. The molecule has 2 heterocycles. The van der Waals surface area contributed by atoms with Gasteiger partial charge in [-0.15, -0.1) is 0 Å². The lowest BCUT2D eigenvalue weighted by molar-refractivity contribution is -0.127. The monoisotopic (exact) mass is 455 g/mol. The number of nitrogens with one attached hydrogen (secondary N) is 1. The van der Waals surface area contributed by atoms with Gasteiger partial charge in [-0.1, -0.05) is 41.9 Å². The van der Waals surface area contributed by atoms with Crippen LogP contribution < -0.4 is 5.32 Å². The summed E-state index contributed by atoms with van der Waals surface area (Å²) in [5, 5.41) is 3.88. The summed E-state index contributed by atoms with van der Waals surface area (Å²) in [6, 6.07) is 16.9. The van der Waals surface area contributed by atoms with Crippen molar-refractivity contribution in [2.24, 2.45) is 5.92 Å². The molecular formula is C25H30ClN3O3. The molecule has 0 aliphatic carbocycles. The lowest BCUT2D eigenvalue weighted by Gasteiger charge is -2.34. The third-order valence-corrected chi connectivity index (χ3v) is 6.49. The highest BCUT2D eigenvalue weighted by atomic mass is 35.5. The van der Waals surface area contributed by atoms with Crippen LogP contribution in [0.4, 0.5) is 0 Å². The summed E-state index contributed by atoms with van der Waals surface area (Å²) in [6.45, 7) is 5.03. The van der Waals surface area contributed by atoms with Crippen molar-refractivity contribution in [3.05, 3.63) is 70.7 Å². The minimum Gasteiger partial charge on any atom is -0.379 e. The fraction of sp³-hybridized carbons (Fsp3) is 0.440. The first-order valence-corrected chi connectivity index (χ1v) is 11.7. The second-order valence-corrected chi connectivity index (χ2v) is 8.92. The second-order valence-electron chi connectivity index (χ2n) is 8.48. The molecule has 0 unspecified atom stereocenters. The number of amides is 2. The molecule has 0 radical (unpaired) electrons. The van der Waals surface area contributed by atoms with Gasteiger partial charge in [-0.2, -0.15) is 0 Å². The van der Waals surface area contributed by atoms with Crippen LogP contribution in [0.15, 0.2) is 54.6 Å². The number of hydrogen-bond donors (Lipinski definition) is 1. The molecule has 0 spiro atoms. The van der Waals surface area contributed by atoms with Crippen molar-refractivity contribution >= 4 is 23.4 Å². The number of benzene rings is 2. The number of ether oxygens (including phenoxy) is 1. The minimum absolute atomic E-state index is 0.0146. The van der Waals surface area contributed by atoms with Gasteiger partial charge in [0.2, 0.25) is 5.91 Å². The number of nitrogens with zero attached hydrogens (tertiary/aromatic N) is 2. The van der Waals surface area contributed by atoms with Crippen molar-refractivity contribution < 1.29 is 14.3 Å². The van der Waals surface area contributed by atoms with Crippen molar-refractivity contribution in [1.29, 1.82) is 0 Å². The Morgan fingerprint density at radius 1 is 1.03 bits per heavy atom. The highest BCUT2D eigenvalue weighted by Gasteiger charge is 2.30. The highest BCUT2D eigenvalue weighted by Crippen LogP contribution is 2.22. The molecule has 32 heavy (non-hydrogen) atoms. The van der Waals surface area contributed by atoms with Crippen LogP contribution in [0.25, 0.3) is 0 Å². The summed E-state index contributed by atoms with van der Waals surface area (Å²) in [4.78, 5) is 30.3. The number of piperidine rings is 1. The molecule has 2 saturated heterocycles. The second kappa shape index (κ2) is 10.9. The summed E-state index contributed by atoms with van der Waals surface area (Å²) in [5.41, 5.74) is 1.70. The van der Waals surface area contributed by atoms with E-state index in [0.717, 1.165) is 51.3 Å². The van der Waals surface area contributed by atoms with Gasteiger partial charge in [0.25, 0.3) is 5.91 Å². The maximum atomic E-state index is 13.3. The summed E-state index contributed by atoms with van der Waals surface area (Å²) in [5.74, 6) is -0.247. The summed E-state index contributed by atoms with van der Waals surface area (Å²) >= 11 is 5.95. The Balaban J connectivity index is 1.41. The molecule has 6 nitrogen and oxygen atoms in total. The first kappa shape index (κ1) is 22.8. The zero-order valence-electron chi connectivity index (χ0n) is 18.2. The fourth-order valence-corrected chi connectivity index (χ4v) is 4.53. The van der Waals surface area contributed by atoms with Gasteiger partial charge in [-0.05, 0) is 42.7 Å². The molecule has 4 rings (SSSR count). The summed E-state index contributed by atoms with van der Waals surface area (Å²) in [7, 11) is 0. The van der Waals surface area contributed by atoms with Crippen LogP contribution in [-0.2, 0) is 9.53 Å². The van der Waals surface area contributed by atoms with Crippen LogP contribution in [0.2, 0.25) is 5.02 Å². The molecule has 2 aromatic carbocycles. The van der Waals surface area contributed by atoms with Crippen molar-refractivity contribution in [3.8, 4) is 0 Å². The van der Waals surface area contributed by atoms with Crippen molar-refractivity contribution in [2.45, 2.75) is 18.9 Å². The molecule has 170 valence electrons. The van der Waals surface area contributed by atoms with Crippen LogP contribution in [0.3, 0.4) is 0 Å². The molecule has 0 saturated carbocycles. The highest BCUT2D eigenvalue weighted by molar-refractivity contribution is 6.30. The Bertz CT molecular complexity index is 900. The Hall–Kier alpha value is -2.41. The van der Waals surface area contributed by atoms with Gasteiger partial charge >= 0.3 is 0 Å². The van der Waals surface area contributed by atoms with Crippen LogP contribution >= 0.6 is 11.6 Å². The molecule has 2 amide bonds. The van der Waals surface area contributed by atoms with Crippen molar-refractivity contribution in [2.75, 3.05) is 45.9 Å². The predicted molar refractivity (Wildman–Crippen MR) is 125 cm³/mol. The topological polar surface area (TPSA) is 61.9 Å². The average molecular weight is 456 g/mol. The van der Waals surface area contributed by atoms with Crippen LogP contribution in [0.5, 0.6) is 0 Å². The Kier molecular flexibility index (Phi) is 7.79. The largest absolute Gasteiger partial charge is 0.379 e. The number of halogens is 1. The molecule has 7 heteroatoms. The van der Waals surface area contributed by atoms with Crippen molar-refractivity contribution in [3.63, 3.8) is 0 Å². The van der Waals surface area contributed by atoms with E-state index in [9.17, 15) is 9.59 Å². The number of carbonyl (C=O) groups is 2. The number of rotatable bonds is 6. The third-order valence-electron chi connectivity index (χ3n) is 6.23. The minimum atomic E-state index is -0.212. The SMILES string of the molecule is O=C(N[C@H](CN1CCOCC1)c1ccccc1)[C@@H]1CCCN(C(=O)c2ccc(Cl)cc2)C1. The van der Waals surface area contributed by atoms with E-state index >= 15 is 0 Å². The van der Waals surface area contributed by atoms with E-state index < -0.39 is 0 Å². The maximum Gasteiger partial charge on any atom is 0.253 e. The molecule has 0 aromatic heterocycles. The van der Waals surface area contributed by atoms with Crippen LogP contribution in [0, 0.1) is 5.92 Å². The van der Waals surface area contributed by atoms with E-state index in [0.29, 0.717) is 23.7 Å². The molecule has 2 aliphatic heterocycles. The average Bonchev–Trinajstić information content (AvgIpc) is 2.85. The lowest BCUT2D eigenvalue weighted by atomic mass is 9.95. The number of likely N-dealkylation sites (tertiary alicyclic amines) is 1. The Morgan fingerprint density at radius 2 is 1.75 bits per heavy atom. The van der Waals surface area contributed by atoms with E-state index in [2.05, 4.69) is 22.3 Å². The summed E-state index contributed by atoms with van der Waals surface area (Å²) < 4.78 is 5.47. The first-order valence-electron chi connectivity index (χ1n) is 11.3. The van der Waals surface area contributed by atoms with Gasteiger partial charge < -0.3 is 15.0 Å². The molecular weight excluding hydrogens is 426 g/mol. The third kappa shape index (κ3) is 5.88. The summed E-state index contributed by atoms with van der Waals surface area (Å²) in [6.07, 6.45) is 1.60. The molecule has 2 fully saturated rings. The smallest absolute Gasteiger partial charge is 0.253 e.